The summed E-state index contributed by atoms with van der Waals surface area (Å²) in [5, 5.41) is 0. The van der Waals surface area contributed by atoms with E-state index in [0.29, 0.717) is 5.82 Å². The zero-order chi connectivity index (χ0) is 11.7. The van der Waals surface area contributed by atoms with Crippen molar-refractivity contribution in [2.24, 2.45) is 0 Å². The third-order valence-corrected chi connectivity index (χ3v) is 2.84. The molecule has 0 aromatic carbocycles. The number of nitrogens with zero attached hydrogens (tertiary/aromatic N) is 4. The van der Waals surface area contributed by atoms with E-state index < -0.39 is 0 Å². The first kappa shape index (κ1) is 10.0. The minimum atomic E-state index is 0.509. The van der Waals surface area contributed by atoms with Gasteiger partial charge >= 0.3 is 0 Å². The summed E-state index contributed by atoms with van der Waals surface area (Å²) >= 11 is 0. The van der Waals surface area contributed by atoms with Crippen LogP contribution in [0.3, 0.4) is 0 Å². The highest BCUT2D eigenvalue weighted by Crippen LogP contribution is 2.19. The summed E-state index contributed by atoms with van der Waals surface area (Å²) in [6.07, 6.45) is 4.81. The Morgan fingerprint density at radius 2 is 1.88 bits per heavy atom. The van der Waals surface area contributed by atoms with Crippen molar-refractivity contribution in [2.75, 3.05) is 23.7 Å². The van der Waals surface area contributed by atoms with Crippen LogP contribution in [0.4, 0.5) is 11.8 Å². The van der Waals surface area contributed by atoms with Crippen LogP contribution in [0.25, 0.3) is 11.3 Å². The molecule has 5 nitrogen and oxygen atoms in total. The molecule has 0 atom stereocenters. The highest BCUT2D eigenvalue weighted by atomic mass is 15.3. The van der Waals surface area contributed by atoms with Gasteiger partial charge in [0.2, 0.25) is 5.95 Å². The van der Waals surface area contributed by atoms with Crippen LogP contribution < -0.4 is 10.6 Å². The number of rotatable bonds is 2. The molecule has 0 radical (unpaired) electrons. The number of pyridine rings is 1. The van der Waals surface area contributed by atoms with Crippen LogP contribution >= 0.6 is 0 Å². The standard InChI is InChI=1S/C12H13N5/c13-11-4-1-3-10(16-11)9-7-14-12(15-8-9)17-5-2-6-17/h1,3-4,7-8H,2,5-6H2,(H2,13,16). The van der Waals surface area contributed by atoms with Crippen molar-refractivity contribution >= 4 is 11.8 Å². The Kier molecular flexibility index (Phi) is 2.36. The van der Waals surface area contributed by atoms with Crippen molar-refractivity contribution < 1.29 is 0 Å². The van der Waals surface area contributed by atoms with Gasteiger partial charge in [-0.15, -0.1) is 0 Å². The van der Waals surface area contributed by atoms with Crippen molar-refractivity contribution in [2.45, 2.75) is 6.42 Å². The minimum absolute atomic E-state index is 0.509. The smallest absolute Gasteiger partial charge is 0.225 e. The molecule has 1 fully saturated rings. The van der Waals surface area contributed by atoms with Gasteiger partial charge in [0.25, 0.3) is 0 Å². The molecule has 5 heteroatoms. The zero-order valence-corrected chi connectivity index (χ0v) is 9.37. The minimum Gasteiger partial charge on any atom is -0.384 e. The molecular formula is C12H13N5. The molecular weight excluding hydrogens is 214 g/mol. The fourth-order valence-electron chi connectivity index (χ4n) is 1.75. The lowest BCUT2D eigenvalue weighted by atomic mass is 10.2. The third kappa shape index (κ3) is 1.91. The lowest BCUT2D eigenvalue weighted by molar-refractivity contribution is 0.600. The summed E-state index contributed by atoms with van der Waals surface area (Å²) in [6, 6.07) is 5.54. The average Bonchev–Trinajstić information content (AvgIpc) is 2.28. The van der Waals surface area contributed by atoms with Crippen molar-refractivity contribution in [3.8, 4) is 11.3 Å². The molecule has 2 aromatic heterocycles. The van der Waals surface area contributed by atoms with Crippen LogP contribution in [0.15, 0.2) is 30.6 Å². The average molecular weight is 227 g/mol. The van der Waals surface area contributed by atoms with E-state index in [1.807, 2.05) is 12.1 Å². The highest BCUT2D eigenvalue weighted by Gasteiger charge is 2.16. The van der Waals surface area contributed by atoms with Gasteiger partial charge in [0, 0.05) is 31.0 Å². The largest absolute Gasteiger partial charge is 0.384 e. The molecule has 2 N–H and O–H groups in total. The van der Waals surface area contributed by atoms with Crippen LogP contribution in [0.2, 0.25) is 0 Å². The molecule has 17 heavy (non-hydrogen) atoms. The van der Waals surface area contributed by atoms with Gasteiger partial charge in [-0.1, -0.05) is 6.07 Å². The molecule has 1 aliphatic heterocycles. The summed E-state index contributed by atoms with van der Waals surface area (Å²) in [5.41, 5.74) is 7.34. The first-order valence-corrected chi connectivity index (χ1v) is 5.63. The number of nitrogen functional groups attached to an aromatic ring is 1. The highest BCUT2D eigenvalue weighted by molar-refractivity contribution is 5.59. The molecule has 1 saturated heterocycles. The number of hydrogen-bond donors (Lipinski definition) is 1. The van der Waals surface area contributed by atoms with Crippen LogP contribution in [0.1, 0.15) is 6.42 Å². The van der Waals surface area contributed by atoms with Gasteiger partial charge in [0.1, 0.15) is 5.82 Å². The van der Waals surface area contributed by atoms with E-state index in [2.05, 4.69) is 19.9 Å². The van der Waals surface area contributed by atoms with Gasteiger partial charge < -0.3 is 10.6 Å². The third-order valence-electron chi connectivity index (χ3n) is 2.84. The lowest BCUT2D eigenvalue weighted by Gasteiger charge is -2.30. The Bertz CT molecular complexity index is 519. The summed E-state index contributed by atoms with van der Waals surface area (Å²) in [5.74, 6) is 1.30. The normalized spacial score (nSPS) is 14.5. The maximum Gasteiger partial charge on any atom is 0.225 e. The van der Waals surface area contributed by atoms with Gasteiger partial charge in [0.15, 0.2) is 0 Å². The molecule has 0 aliphatic carbocycles. The van der Waals surface area contributed by atoms with Crippen molar-refractivity contribution in [1.82, 2.24) is 15.0 Å². The molecule has 86 valence electrons. The Balaban J connectivity index is 1.88. The van der Waals surface area contributed by atoms with Crippen molar-refractivity contribution in [1.29, 1.82) is 0 Å². The summed E-state index contributed by atoms with van der Waals surface area (Å²) in [6.45, 7) is 2.10. The lowest BCUT2D eigenvalue weighted by Crippen LogP contribution is -2.38. The van der Waals surface area contributed by atoms with E-state index in [1.54, 1.807) is 18.5 Å². The van der Waals surface area contributed by atoms with Gasteiger partial charge in [-0.05, 0) is 18.6 Å². The molecule has 1 aliphatic rings. The van der Waals surface area contributed by atoms with Crippen LogP contribution in [0.5, 0.6) is 0 Å². The second kappa shape index (κ2) is 4.01. The van der Waals surface area contributed by atoms with E-state index in [9.17, 15) is 0 Å². The van der Waals surface area contributed by atoms with Gasteiger partial charge in [0.05, 0.1) is 5.69 Å². The van der Waals surface area contributed by atoms with Gasteiger partial charge in [-0.25, -0.2) is 15.0 Å². The quantitative estimate of drug-likeness (QED) is 0.838. The fraction of sp³-hybridized carbons (Fsp3) is 0.250. The van der Waals surface area contributed by atoms with Crippen molar-refractivity contribution in [3.63, 3.8) is 0 Å². The number of anilines is 2. The SMILES string of the molecule is Nc1cccc(-c2cnc(N3CCC3)nc2)n1. The first-order valence-electron chi connectivity index (χ1n) is 5.63. The molecule has 0 bridgehead atoms. The summed E-state index contributed by atoms with van der Waals surface area (Å²) in [7, 11) is 0. The second-order valence-corrected chi connectivity index (χ2v) is 4.06. The summed E-state index contributed by atoms with van der Waals surface area (Å²) < 4.78 is 0. The summed E-state index contributed by atoms with van der Waals surface area (Å²) in [4.78, 5) is 15.1. The molecule has 0 spiro atoms. The molecule has 3 rings (SSSR count). The fourth-order valence-corrected chi connectivity index (χ4v) is 1.75. The first-order chi connectivity index (χ1) is 8.33. The Hall–Kier alpha value is -2.17. The van der Waals surface area contributed by atoms with E-state index in [4.69, 9.17) is 5.73 Å². The van der Waals surface area contributed by atoms with E-state index in [0.717, 1.165) is 30.3 Å². The molecule has 0 amide bonds. The molecule has 3 heterocycles. The Morgan fingerprint density at radius 1 is 1.12 bits per heavy atom. The molecule has 0 saturated carbocycles. The van der Waals surface area contributed by atoms with Gasteiger partial charge in [-0.3, -0.25) is 0 Å². The Labute approximate surface area is 99.3 Å². The zero-order valence-electron chi connectivity index (χ0n) is 9.37. The number of hydrogen-bond acceptors (Lipinski definition) is 5. The predicted molar refractivity (Wildman–Crippen MR) is 66.5 cm³/mol. The van der Waals surface area contributed by atoms with Crippen LogP contribution in [-0.4, -0.2) is 28.0 Å². The van der Waals surface area contributed by atoms with Crippen LogP contribution in [0, 0.1) is 0 Å². The molecule has 2 aromatic rings. The Morgan fingerprint density at radius 3 is 2.47 bits per heavy atom. The number of nitrogens with two attached hydrogens (primary N) is 1. The van der Waals surface area contributed by atoms with E-state index >= 15 is 0 Å². The van der Waals surface area contributed by atoms with E-state index in [-0.39, 0.29) is 0 Å². The van der Waals surface area contributed by atoms with E-state index in [1.165, 1.54) is 6.42 Å². The second-order valence-electron chi connectivity index (χ2n) is 4.06. The maximum absolute atomic E-state index is 5.64. The van der Waals surface area contributed by atoms with Crippen molar-refractivity contribution in [3.05, 3.63) is 30.6 Å². The number of aromatic nitrogens is 3. The van der Waals surface area contributed by atoms with Crippen LogP contribution in [-0.2, 0) is 0 Å². The topological polar surface area (TPSA) is 67.9 Å². The molecule has 0 unspecified atom stereocenters. The monoisotopic (exact) mass is 227 g/mol. The maximum atomic E-state index is 5.64. The predicted octanol–water partition coefficient (Wildman–Crippen LogP) is 1.33. The van der Waals surface area contributed by atoms with Gasteiger partial charge in [-0.2, -0.15) is 0 Å².